The van der Waals surface area contributed by atoms with Gasteiger partial charge in [-0.1, -0.05) is 47.6 Å². The molecule has 2 atom stereocenters. The molecule has 3 aromatic carbocycles. The maximum atomic E-state index is 14.4. The van der Waals surface area contributed by atoms with Crippen molar-refractivity contribution in [1.29, 1.82) is 0 Å². The molecule has 1 fully saturated rings. The second-order valence-electron chi connectivity index (χ2n) is 11.8. The van der Waals surface area contributed by atoms with Crippen LogP contribution in [0.15, 0.2) is 77.4 Å². The monoisotopic (exact) mass is 637 g/mol. The van der Waals surface area contributed by atoms with E-state index in [1.165, 1.54) is 23.8 Å². The number of imide groups is 1. The van der Waals surface area contributed by atoms with Crippen LogP contribution in [0, 0.1) is 6.92 Å². The summed E-state index contributed by atoms with van der Waals surface area (Å²) in [5.41, 5.74) is 3.83. The Bertz CT molecular complexity index is 1760. The number of aromatic nitrogens is 1. The van der Waals surface area contributed by atoms with Crippen molar-refractivity contribution in [2.75, 3.05) is 51.8 Å². The van der Waals surface area contributed by atoms with Crippen molar-refractivity contribution >= 4 is 23.4 Å². The van der Waals surface area contributed by atoms with E-state index in [1.54, 1.807) is 32.2 Å². The Kier molecular flexibility index (Phi) is 9.26. The molecule has 244 valence electrons. The van der Waals surface area contributed by atoms with E-state index < -0.39 is 6.04 Å². The normalized spacial score (nSPS) is 16.2. The van der Waals surface area contributed by atoms with Gasteiger partial charge in [0.2, 0.25) is 0 Å². The molecule has 1 unspecified atom stereocenters. The summed E-state index contributed by atoms with van der Waals surface area (Å²) in [5.74, 6) is 0.323. The molecular weight excluding hydrogens is 598 g/mol. The summed E-state index contributed by atoms with van der Waals surface area (Å²) in [6.07, 6.45) is 1.63. The number of rotatable bonds is 11. The number of carbonyl (C=O) groups is 3. The third kappa shape index (κ3) is 6.18. The maximum absolute atomic E-state index is 14.4. The van der Waals surface area contributed by atoms with Gasteiger partial charge in [-0.25, -0.2) is 0 Å². The summed E-state index contributed by atoms with van der Waals surface area (Å²) in [4.78, 5) is 47.2. The van der Waals surface area contributed by atoms with E-state index in [1.807, 2.05) is 24.3 Å². The number of fused-ring (bicyclic) bond motifs is 1. The van der Waals surface area contributed by atoms with Crippen molar-refractivity contribution in [2.45, 2.75) is 32.4 Å². The fraction of sp³-hybridized carbons (Fsp3) is 0.333. The summed E-state index contributed by atoms with van der Waals surface area (Å²) in [6.45, 7) is 7.16. The van der Waals surface area contributed by atoms with E-state index in [-0.39, 0.29) is 36.7 Å². The highest BCUT2D eigenvalue weighted by Crippen LogP contribution is 2.40. The minimum absolute atomic E-state index is 0.185. The van der Waals surface area contributed by atoms with E-state index in [4.69, 9.17) is 14.0 Å². The Morgan fingerprint density at radius 2 is 1.66 bits per heavy atom. The molecule has 11 heteroatoms. The lowest BCUT2D eigenvalue weighted by Gasteiger charge is -2.39. The summed E-state index contributed by atoms with van der Waals surface area (Å²) < 4.78 is 16.0. The number of carbonyl (C=O) groups excluding carboxylic acids is 3. The number of amides is 3. The fourth-order valence-corrected chi connectivity index (χ4v) is 6.56. The van der Waals surface area contributed by atoms with E-state index in [0.29, 0.717) is 39.5 Å². The molecule has 0 bridgehead atoms. The number of aryl methyl sites for hydroxylation is 1. The summed E-state index contributed by atoms with van der Waals surface area (Å²) >= 11 is 0. The van der Waals surface area contributed by atoms with Crippen LogP contribution in [0.5, 0.6) is 11.5 Å². The van der Waals surface area contributed by atoms with Crippen LogP contribution in [-0.4, -0.2) is 79.6 Å². The smallest absolute Gasteiger partial charge is 0.264 e. The van der Waals surface area contributed by atoms with Gasteiger partial charge in [0.1, 0.15) is 11.3 Å². The zero-order valence-electron chi connectivity index (χ0n) is 27.1. The lowest BCUT2D eigenvalue weighted by atomic mass is 10.0. The minimum Gasteiger partial charge on any atom is -0.493 e. The summed E-state index contributed by atoms with van der Waals surface area (Å²) in [5, 5.41) is 6.56. The molecule has 1 saturated heterocycles. The van der Waals surface area contributed by atoms with Gasteiger partial charge in [0.15, 0.2) is 11.5 Å². The molecular formula is C36H39N5O6. The lowest BCUT2D eigenvalue weighted by molar-refractivity contribution is 0.0574. The highest BCUT2D eigenvalue weighted by molar-refractivity contribution is 6.24. The molecule has 0 saturated carbocycles. The lowest BCUT2D eigenvalue weighted by Crippen LogP contribution is -2.47. The first kappa shape index (κ1) is 31.8. The minimum atomic E-state index is -0.692. The molecule has 47 heavy (non-hydrogen) atoms. The molecule has 2 aliphatic heterocycles. The van der Waals surface area contributed by atoms with Crippen molar-refractivity contribution < 1.29 is 28.4 Å². The summed E-state index contributed by atoms with van der Waals surface area (Å²) in [7, 11) is 3.08. The van der Waals surface area contributed by atoms with Gasteiger partial charge in [0.25, 0.3) is 17.7 Å². The van der Waals surface area contributed by atoms with Gasteiger partial charge < -0.3 is 24.2 Å². The molecule has 11 nitrogen and oxygen atoms in total. The highest BCUT2D eigenvalue weighted by atomic mass is 16.5. The molecule has 3 heterocycles. The van der Waals surface area contributed by atoms with Crippen LogP contribution in [-0.2, 0) is 0 Å². The van der Waals surface area contributed by atoms with Crippen LogP contribution < -0.4 is 19.7 Å². The first-order valence-electron chi connectivity index (χ1n) is 15.8. The number of nitrogens with zero attached hydrogens (tertiary/aromatic N) is 4. The van der Waals surface area contributed by atoms with Crippen molar-refractivity contribution in [3.63, 3.8) is 0 Å². The first-order chi connectivity index (χ1) is 22.8. The third-order valence-electron chi connectivity index (χ3n) is 9.21. The van der Waals surface area contributed by atoms with Crippen molar-refractivity contribution in [3.8, 4) is 11.5 Å². The van der Waals surface area contributed by atoms with Crippen LogP contribution in [0.25, 0.3) is 0 Å². The SMILES string of the molecule is COc1ccc([C@@H](CCNC(=O)c2cnoc2C)N2C(=O)c3cccc(N4CCN(C(C)c5ccccc5)CC4)c3C2=O)cc1OC. The van der Waals surface area contributed by atoms with E-state index in [0.717, 1.165) is 31.9 Å². The van der Waals surface area contributed by atoms with Crippen LogP contribution in [0.2, 0.25) is 0 Å². The van der Waals surface area contributed by atoms with Crippen LogP contribution in [0.4, 0.5) is 5.69 Å². The molecule has 1 N–H and O–H groups in total. The van der Waals surface area contributed by atoms with Gasteiger partial charge in [0.05, 0.1) is 43.3 Å². The molecule has 2 aliphatic rings. The predicted molar refractivity (Wildman–Crippen MR) is 176 cm³/mol. The molecule has 6 rings (SSSR count). The topological polar surface area (TPSA) is 117 Å². The average Bonchev–Trinajstić information content (AvgIpc) is 3.66. The molecule has 1 aromatic heterocycles. The van der Waals surface area contributed by atoms with E-state index >= 15 is 0 Å². The van der Waals surface area contributed by atoms with Crippen molar-refractivity contribution in [1.82, 2.24) is 20.3 Å². The van der Waals surface area contributed by atoms with Crippen LogP contribution in [0.1, 0.15) is 73.4 Å². The van der Waals surface area contributed by atoms with Crippen LogP contribution in [0.3, 0.4) is 0 Å². The maximum Gasteiger partial charge on any atom is 0.264 e. The largest absolute Gasteiger partial charge is 0.493 e. The Morgan fingerprint density at radius 1 is 0.915 bits per heavy atom. The molecule has 0 radical (unpaired) electrons. The van der Waals surface area contributed by atoms with Gasteiger partial charge in [0, 0.05) is 38.8 Å². The second kappa shape index (κ2) is 13.7. The number of benzene rings is 3. The Hall–Kier alpha value is -5.16. The number of ether oxygens (including phenoxy) is 2. The standard InChI is InChI=1S/C36H39N5O6/c1-23(25-9-6-5-7-10-25)39-17-19-40(20-18-39)30-12-8-11-27-33(30)36(44)41(35(27)43)29(26-13-14-31(45-3)32(21-26)46-4)15-16-37-34(42)28-22-38-47-24(28)2/h5-14,21-23,29H,15-20H2,1-4H3,(H,37,42)/t23?,29-/m1/s1. The quantitative estimate of drug-likeness (QED) is 0.226. The summed E-state index contributed by atoms with van der Waals surface area (Å²) in [6, 6.07) is 20.8. The van der Waals surface area contributed by atoms with E-state index in [2.05, 4.69) is 51.5 Å². The zero-order valence-corrected chi connectivity index (χ0v) is 27.1. The van der Waals surface area contributed by atoms with Gasteiger partial charge in [-0.3, -0.25) is 24.2 Å². The van der Waals surface area contributed by atoms with Gasteiger partial charge in [-0.05, 0) is 55.7 Å². The van der Waals surface area contributed by atoms with E-state index in [9.17, 15) is 14.4 Å². The first-order valence-corrected chi connectivity index (χ1v) is 15.8. The number of anilines is 1. The number of methoxy groups -OCH3 is 2. The Balaban J connectivity index is 1.25. The number of hydrogen-bond acceptors (Lipinski definition) is 9. The third-order valence-corrected chi connectivity index (χ3v) is 9.21. The van der Waals surface area contributed by atoms with Crippen molar-refractivity contribution in [3.05, 3.63) is 107 Å². The number of nitrogens with one attached hydrogen (secondary N) is 1. The number of hydrogen-bond donors (Lipinski definition) is 1. The zero-order chi connectivity index (χ0) is 33.1. The van der Waals surface area contributed by atoms with Gasteiger partial charge >= 0.3 is 0 Å². The van der Waals surface area contributed by atoms with Gasteiger partial charge in [-0.2, -0.15) is 0 Å². The Labute approximate surface area is 274 Å². The average molecular weight is 638 g/mol. The highest BCUT2D eigenvalue weighted by Gasteiger charge is 2.43. The molecule has 3 amide bonds. The molecule has 4 aromatic rings. The number of piperazine rings is 1. The molecule has 0 spiro atoms. The van der Waals surface area contributed by atoms with Crippen LogP contribution >= 0.6 is 0 Å². The Morgan fingerprint density at radius 3 is 2.34 bits per heavy atom. The predicted octanol–water partition coefficient (Wildman–Crippen LogP) is 5.04. The molecule has 0 aliphatic carbocycles. The van der Waals surface area contributed by atoms with Gasteiger partial charge in [-0.15, -0.1) is 0 Å². The fourth-order valence-electron chi connectivity index (χ4n) is 6.56. The second-order valence-corrected chi connectivity index (χ2v) is 11.8. The van der Waals surface area contributed by atoms with Crippen molar-refractivity contribution in [2.24, 2.45) is 0 Å².